The summed E-state index contributed by atoms with van der Waals surface area (Å²) in [6.45, 7) is 2.89. The zero-order chi connectivity index (χ0) is 35.8. The Labute approximate surface area is 291 Å². The molecule has 266 valence electrons. The van der Waals surface area contributed by atoms with Gasteiger partial charge in [-0.3, -0.25) is 19.2 Å². The highest BCUT2D eigenvalue weighted by Crippen LogP contribution is 2.13. The molecule has 14 nitrogen and oxygen atoms in total. The Bertz CT molecular complexity index is 1530. The van der Waals surface area contributed by atoms with Crippen LogP contribution in [0.15, 0.2) is 84.0 Å². The normalized spacial score (nSPS) is 11.1. The lowest BCUT2D eigenvalue weighted by molar-refractivity contribution is -0.123. The van der Waals surface area contributed by atoms with E-state index < -0.39 is 11.9 Å². The quantitative estimate of drug-likeness (QED) is 0.0412. The second-order valence-electron chi connectivity index (χ2n) is 10.9. The van der Waals surface area contributed by atoms with Crippen molar-refractivity contribution in [2.45, 2.75) is 25.3 Å². The average Bonchev–Trinajstić information content (AvgIpc) is 3.15. The summed E-state index contributed by atoms with van der Waals surface area (Å²) in [5, 5.41) is 11.9. The molecule has 0 fully saturated rings. The van der Waals surface area contributed by atoms with Crippen LogP contribution in [0.3, 0.4) is 0 Å². The molecule has 50 heavy (non-hydrogen) atoms. The summed E-state index contributed by atoms with van der Waals surface area (Å²) >= 11 is 0. The van der Waals surface area contributed by atoms with Crippen molar-refractivity contribution in [3.63, 3.8) is 0 Å². The van der Waals surface area contributed by atoms with E-state index in [9.17, 15) is 19.2 Å². The van der Waals surface area contributed by atoms with Crippen LogP contribution in [-0.4, -0.2) is 95.9 Å². The van der Waals surface area contributed by atoms with Crippen LogP contribution in [0.5, 0.6) is 5.75 Å². The summed E-state index contributed by atoms with van der Waals surface area (Å²) in [5.74, 6) is -0.529. The van der Waals surface area contributed by atoms with Crippen molar-refractivity contribution in [1.82, 2.24) is 16.0 Å². The Morgan fingerprint density at radius 2 is 1.26 bits per heavy atom. The van der Waals surface area contributed by atoms with Gasteiger partial charge in [0.25, 0.3) is 11.8 Å². The fourth-order valence-electron chi connectivity index (χ4n) is 4.62. The number of nitrogens with zero attached hydrogens (tertiary/aromatic N) is 3. The third-order valence-corrected chi connectivity index (χ3v) is 7.31. The van der Waals surface area contributed by atoms with E-state index in [0.717, 1.165) is 0 Å². The lowest BCUT2D eigenvalue weighted by Crippen LogP contribution is -2.47. The molecule has 0 aliphatic rings. The Hall–Kier alpha value is -5.27. The predicted molar refractivity (Wildman–Crippen MR) is 186 cm³/mol. The molecule has 0 aromatic heterocycles. The van der Waals surface area contributed by atoms with Crippen LogP contribution in [0.4, 0.5) is 0 Å². The lowest BCUT2D eigenvalue weighted by Gasteiger charge is -2.19. The monoisotopic (exact) mass is 688 g/mol. The molecule has 3 aromatic rings. The molecule has 1 atom stereocenters. The van der Waals surface area contributed by atoms with Crippen molar-refractivity contribution < 1.29 is 38.1 Å². The van der Waals surface area contributed by atoms with Gasteiger partial charge >= 0.3 is 0 Å². The minimum absolute atomic E-state index is 0.118. The number of carbonyl (C=O) groups is 4. The molecule has 3 aromatic carbocycles. The van der Waals surface area contributed by atoms with Crippen LogP contribution in [0.2, 0.25) is 0 Å². The smallest absolute Gasteiger partial charge is 0.251 e. The highest BCUT2D eigenvalue weighted by atomic mass is 16.5. The van der Waals surface area contributed by atoms with Crippen molar-refractivity contribution in [2.75, 3.05) is 66.4 Å². The van der Waals surface area contributed by atoms with Gasteiger partial charge in [0, 0.05) is 46.8 Å². The van der Waals surface area contributed by atoms with Crippen molar-refractivity contribution in [2.24, 2.45) is 5.11 Å². The standard InChI is InChI=1S/C36H44N6O8/c1-47-31-16-14-30(15-17-31)35(45)41-32(36(46)39-19-21-48-23-25-50-26-24-49-22-20-40-42-37)9-5-6-18-38-34(44)29-12-10-28(11-13-29)33(43)27-7-3-2-4-8-27/h2-4,7-8,10-17,32H,5-6,9,18-26H2,1H3,(H,38,44)(H,39,46)(H,41,45)/t32-/m0/s1. The Kier molecular flexibility index (Phi) is 18.1. The summed E-state index contributed by atoms with van der Waals surface area (Å²) in [4.78, 5) is 54.0. The Balaban J connectivity index is 1.40. The van der Waals surface area contributed by atoms with Crippen molar-refractivity contribution in [3.05, 3.63) is 112 Å². The molecule has 0 radical (unpaired) electrons. The highest BCUT2D eigenvalue weighted by Gasteiger charge is 2.21. The number of carbonyl (C=O) groups excluding carboxylic acids is 4. The summed E-state index contributed by atoms with van der Waals surface area (Å²) in [6.07, 6.45) is 1.47. The van der Waals surface area contributed by atoms with Gasteiger partial charge in [0.15, 0.2) is 5.78 Å². The van der Waals surface area contributed by atoms with E-state index in [1.807, 2.05) is 6.07 Å². The number of methoxy groups -OCH3 is 1. The number of nitrogens with one attached hydrogen (secondary N) is 3. The first-order valence-electron chi connectivity index (χ1n) is 16.4. The fraction of sp³-hybridized carbons (Fsp3) is 0.389. The molecule has 0 aliphatic carbocycles. The van der Waals surface area contributed by atoms with Crippen LogP contribution < -0.4 is 20.7 Å². The third kappa shape index (κ3) is 14.5. The molecule has 3 amide bonds. The summed E-state index contributed by atoms with van der Waals surface area (Å²) in [6, 6.07) is 21.2. The molecular weight excluding hydrogens is 644 g/mol. The van der Waals surface area contributed by atoms with E-state index in [1.165, 1.54) is 7.11 Å². The van der Waals surface area contributed by atoms with E-state index in [-0.39, 0.29) is 37.3 Å². The van der Waals surface area contributed by atoms with Gasteiger partial charge in [0.1, 0.15) is 11.8 Å². The third-order valence-electron chi connectivity index (χ3n) is 7.31. The van der Waals surface area contributed by atoms with E-state index >= 15 is 0 Å². The van der Waals surface area contributed by atoms with E-state index in [4.69, 9.17) is 24.5 Å². The number of rotatable bonds is 24. The second-order valence-corrected chi connectivity index (χ2v) is 10.9. The number of ketones is 1. The fourth-order valence-corrected chi connectivity index (χ4v) is 4.62. The summed E-state index contributed by atoms with van der Waals surface area (Å²) < 4.78 is 21.3. The van der Waals surface area contributed by atoms with E-state index in [2.05, 4.69) is 26.0 Å². The second kappa shape index (κ2) is 23.1. The number of benzene rings is 3. The van der Waals surface area contributed by atoms with Gasteiger partial charge in [0.2, 0.25) is 5.91 Å². The summed E-state index contributed by atoms with van der Waals surface area (Å²) in [5.41, 5.74) is 10.1. The van der Waals surface area contributed by atoms with Crippen LogP contribution >= 0.6 is 0 Å². The molecule has 3 rings (SSSR count). The molecule has 0 saturated heterocycles. The molecule has 3 N–H and O–H groups in total. The average molecular weight is 689 g/mol. The maximum Gasteiger partial charge on any atom is 0.251 e. The van der Waals surface area contributed by atoms with Gasteiger partial charge in [-0.1, -0.05) is 47.6 Å². The minimum Gasteiger partial charge on any atom is -0.497 e. The van der Waals surface area contributed by atoms with E-state index in [1.54, 1.807) is 72.8 Å². The Morgan fingerprint density at radius 3 is 1.92 bits per heavy atom. The maximum atomic E-state index is 13.1. The minimum atomic E-state index is -0.808. The number of hydrogen-bond acceptors (Lipinski definition) is 9. The molecule has 14 heteroatoms. The summed E-state index contributed by atoms with van der Waals surface area (Å²) in [7, 11) is 1.53. The SMILES string of the molecule is COc1ccc(C(=O)N[C@@H](CCCCNC(=O)c2ccc(C(=O)c3ccccc3)cc2)C(=O)NCCOCCOCCOCCN=[N+]=[N-])cc1. The number of amides is 3. The zero-order valence-corrected chi connectivity index (χ0v) is 28.2. The maximum absolute atomic E-state index is 13.1. The van der Waals surface area contributed by atoms with Crippen molar-refractivity contribution >= 4 is 23.5 Å². The molecular formula is C36H44N6O8. The first-order valence-corrected chi connectivity index (χ1v) is 16.4. The van der Waals surface area contributed by atoms with Crippen LogP contribution in [0, 0.1) is 0 Å². The number of azide groups is 1. The van der Waals surface area contributed by atoms with Gasteiger partial charge in [-0.2, -0.15) is 0 Å². The zero-order valence-electron chi connectivity index (χ0n) is 28.2. The van der Waals surface area contributed by atoms with Crippen molar-refractivity contribution in [1.29, 1.82) is 0 Å². The van der Waals surface area contributed by atoms with E-state index in [0.29, 0.717) is 86.8 Å². The molecule has 0 aliphatic heterocycles. The molecule has 0 saturated carbocycles. The number of hydrogen-bond donors (Lipinski definition) is 3. The number of unbranched alkanes of at least 4 members (excludes halogenated alkanes) is 1. The topological polar surface area (TPSA) is 190 Å². The van der Waals surface area contributed by atoms with Crippen LogP contribution in [0.25, 0.3) is 10.4 Å². The lowest BCUT2D eigenvalue weighted by atomic mass is 10.0. The van der Waals surface area contributed by atoms with Crippen LogP contribution in [-0.2, 0) is 19.0 Å². The molecule has 0 bridgehead atoms. The number of ether oxygens (including phenoxy) is 4. The largest absolute Gasteiger partial charge is 0.497 e. The molecule has 0 spiro atoms. The van der Waals surface area contributed by atoms with Gasteiger partial charge in [0.05, 0.1) is 46.8 Å². The van der Waals surface area contributed by atoms with Gasteiger partial charge in [-0.05, 0) is 61.2 Å². The van der Waals surface area contributed by atoms with Gasteiger partial charge < -0.3 is 34.9 Å². The predicted octanol–water partition coefficient (Wildman–Crippen LogP) is 4.10. The first-order chi connectivity index (χ1) is 24.4. The molecule has 0 unspecified atom stereocenters. The van der Waals surface area contributed by atoms with Crippen molar-refractivity contribution in [3.8, 4) is 5.75 Å². The molecule has 0 heterocycles. The highest BCUT2D eigenvalue weighted by molar-refractivity contribution is 6.09. The first kappa shape index (κ1) is 39.2. The van der Waals surface area contributed by atoms with Gasteiger partial charge in [-0.15, -0.1) is 0 Å². The van der Waals surface area contributed by atoms with Gasteiger partial charge in [-0.25, -0.2) is 0 Å². The van der Waals surface area contributed by atoms with Crippen LogP contribution in [0.1, 0.15) is 55.9 Å². The Morgan fingerprint density at radius 1 is 0.680 bits per heavy atom.